The second-order valence-corrected chi connectivity index (χ2v) is 6.25. The maximum absolute atomic E-state index is 12.8. The van der Waals surface area contributed by atoms with Crippen LogP contribution in [0.1, 0.15) is 22.8 Å². The molecule has 6 nitrogen and oxygen atoms in total. The number of allylic oxidation sites excluding steroid dienone is 1. The Bertz CT molecular complexity index is 888. The molecule has 0 unspecified atom stereocenters. The fourth-order valence-corrected chi connectivity index (χ4v) is 2.92. The zero-order valence-electron chi connectivity index (χ0n) is 15.3. The van der Waals surface area contributed by atoms with Crippen LogP contribution in [0.3, 0.4) is 0 Å². The molecule has 0 amide bonds. The molecule has 6 heteroatoms. The van der Waals surface area contributed by atoms with E-state index in [9.17, 15) is 4.79 Å². The number of hydrogen-bond acceptors (Lipinski definition) is 6. The van der Waals surface area contributed by atoms with Crippen LogP contribution in [-0.2, 0) is 0 Å². The molecule has 1 aliphatic heterocycles. The third-order valence-corrected chi connectivity index (χ3v) is 4.23. The van der Waals surface area contributed by atoms with Crippen LogP contribution in [0, 0.1) is 0 Å². The Kier molecular flexibility index (Phi) is 4.75. The Labute approximate surface area is 152 Å². The summed E-state index contributed by atoms with van der Waals surface area (Å²) in [4.78, 5) is 14.7. The molecule has 1 heterocycles. The van der Waals surface area contributed by atoms with Crippen LogP contribution in [0.15, 0.2) is 35.9 Å². The second-order valence-electron chi connectivity index (χ2n) is 6.25. The molecule has 2 aromatic carbocycles. The van der Waals surface area contributed by atoms with E-state index < -0.39 is 0 Å². The van der Waals surface area contributed by atoms with Gasteiger partial charge < -0.3 is 24.8 Å². The lowest BCUT2D eigenvalue weighted by molar-refractivity contribution is 0.103. The average Bonchev–Trinajstić information content (AvgIpc) is 3.09. The molecule has 0 spiro atoms. The van der Waals surface area contributed by atoms with E-state index in [0.29, 0.717) is 34.1 Å². The molecule has 136 valence electrons. The highest BCUT2D eigenvalue weighted by Crippen LogP contribution is 2.43. The van der Waals surface area contributed by atoms with Crippen molar-refractivity contribution in [3.05, 3.63) is 47.0 Å². The van der Waals surface area contributed by atoms with Gasteiger partial charge in [0.1, 0.15) is 0 Å². The molecule has 0 radical (unpaired) electrons. The van der Waals surface area contributed by atoms with Crippen molar-refractivity contribution in [2.75, 3.05) is 38.6 Å². The van der Waals surface area contributed by atoms with E-state index in [-0.39, 0.29) is 12.6 Å². The van der Waals surface area contributed by atoms with Gasteiger partial charge in [0.2, 0.25) is 12.5 Å². The van der Waals surface area contributed by atoms with Gasteiger partial charge in [-0.05, 0) is 48.9 Å². The van der Waals surface area contributed by atoms with Crippen molar-refractivity contribution >= 4 is 23.2 Å². The Hall–Kier alpha value is -3.15. The number of nitrogens with two attached hydrogens (primary N) is 1. The summed E-state index contributed by atoms with van der Waals surface area (Å²) in [6.07, 6.45) is 1.78. The van der Waals surface area contributed by atoms with Crippen molar-refractivity contribution in [3.8, 4) is 17.2 Å². The third kappa shape index (κ3) is 3.18. The van der Waals surface area contributed by atoms with Crippen LogP contribution in [0.4, 0.5) is 11.4 Å². The Morgan fingerprint density at radius 3 is 2.65 bits per heavy atom. The summed E-state index contributed by atoms with van der Waals surface area (Å²) in [7, 11) is 5.38. The van der Waals surface area contributed by atoms with E-state index in [1.165, 1.54) is 0 Å². The van der Waals surface area contributed by atoms with Gasteiger partial charge in [-0.3, -0.25) is 4.79 Å². The molecule has 0 aliphatic carbocycles. The largest absolute Gasteiger partial charge is 0.492 e. The fourth-order valence-electron chi connectivity index (χ4n) is 2.92. The second kappa shape index (κ2) is 7.00. The van der Waals surface area contributed by atoms with Crippen LogP contribution < -0.4 is 24.8 Å². The minimum Gasteiger partial charge on any atom is -0.492 e. The van der Waals surface area contributed by atoms with Crippen molar-refractivity contribution < 1.29 is 19.0 Å². The third-order valence-electron chi connectivity index (χ3n) is 4.23. The Balaban J connectivity index is 1.93. The zero-order chi connectivity index (χ0) is 18.8. The van der Waals surface area contributed by atoms with Crippen LogP contribution >= 0.6 is 0 Å². The molecule has 3 rings (SSSR count). The maximum atomic E-state index is 12.8. The fraction of sp³-hybridized carbons (Fsp3) is 0.250. The molecule has 0 bridgehead atoms. The van der Waals surface area contributed by atoms with Gasteiger partial charge in [0.25, 0.3) is 0 Å². The first-order valence-electron chi connectivity index (χ1n) is 8.18. The molecule has 2 aromatic rings. The predicted molar refractivity (Wildman–Crippen MR) is 102 cm³/mol. The predicted octanol–water partition coefficient (Wildman–Crippen LogP) is 3.36. The molecule has 1 aliphatic rings. The summed E-state index contributed by atoms with van der Waals surface area (Å²) in [6.45, 7) is 1.93. The van der Waals surface area contributed by atoms with Crippen molar-refractivity contribution in [3.63, 3.8) is 0 Å². The smallest absolute Gasteiger partial charge is 0.231 e. The molecule has 0 saturated carbocycles. The average molecular weight is 354 g/mol. The van der Waals surface area contributed by atoms with E-state index >= 15 is 0 Å². The lowest BCUT2D eigenvalue weighted by atomic mass is 10.0. The summed E-state index contributed by atoms with van der Waals surface area (Å²) in [5, 5.41) is 0. The summed E-state index contributed by atoms with van der Waals surface area (Å²) >= 11 is 0. The summed E-state index contributed by atoms with van der Waals surface area (Å²) < 4.78 is 16.3. The molecule has 0 aromatic heterocycles. The van der Waals surface area contributed by atoms with E-state index in [0.717, 1.165) is 11.3 Å². The summed E-state index contributed by atoms with van der Waals surface area (Å²) in [6, 6.07) is 8.97. The summed E-state index contributed by atoms with van der Waals surface area (Å²) in [5.41, 5.74) is 9.36. The number of ether oxygens (including phenoxy) is 3. The van der Waals surface area contributed by atoms with Crippen LogP contribution in [0.25, 0.3) is 6.08 Å². The number of rotatable bonds is 5. The highest BCUT2D eigenvalue weighted by atomic mass is 16.7. The van der Waals surface area contributed by atoms with Crippen LogP contribution in [0.2, 0.25) is 0 Å². The van der Waals surface area contributed by atoms with Gasteiger partial charge in [0, 0.05) is 25.2 Å². The molecule has 2 N–H and O–H groups in total. The van der Waals surface area contributed by atoms with Gasteiger partial charge >= 0.3 is 0 Å². The standard InChI is InChI=1S/C20H22N2O4/c1-12(18(23)13-5-7-16(22(2)3)15(21)10-13)9-14-6-8-17-20(19(14)24-4)26-11-25-17/h5-10H,11,21H2,1-4H3/b12-9+. The minimum absolute atomic E-state index is 0.0956. The lowest BCUT2D eigenvalue weighted by Crippen LogP contribution is -2.12. The Morgan fingerprint density at radius 1 is 1.23 bits per heavy atom. The normalized spacial score (nSPS) is 12.8. The first kappa shape index (κ1) is 17.7. The number of carbonyl (C=O) groups is 1. The van der Waals surface area contributed by atoms with Gasteiger partial charge in [-0.25, -0.2) is 0 Å². The number of fused-ring (bicyclic) bond motifs is 1. The first-order chi connectivity index (χ1) is 12.4. The quantitative estimate of drug-likeness (QED) is 0.504. The Morgan fingerprint density at radius 2 is 2.00 bits per heavy atom. The molecule has 0 atom stereocenters. The number of ketones is 1. The van der Waals surface area contributed by atoms with E-state index in [2.05, 4.69) is 0 Å². The topological polar surface area (TPSA) is 74.0 Å². The van der Waals surface area contributed by atoms with Gasteiger partial charge in [0.15, 0.2) is 17.3 Å². The number of carbonyl (C=O) groups excluding carboxylic acids is 1. The van der Waals surface area contributed by atoms with Crippen LogP contribution in [0.5, 0.6) is 17.2 Å². The molecule has 0 fully saturated rings. The van der Waals surface area contributed by atoms with Crippen molar-refractivity contribution in [2.24, 2.45) is 0 Å². The van der Waals surface area contributed by atoms with Crippen molar-refractivity contribution in [1.82, 2.24) is 0 Å². The highest BCUT2D eigenvalue weighted by Gasteiger charge is 2.21. The minimum atomic E-state index is -0.0956. The molecule has 0 saturated heterocycles. The van der Waals surface area contributed by atoms with Gasteiger partial charge in [-0.2, -0.15) is 0 Å². The number of nitrogens with zero attached hydrogens (tertiary/aromatic N) is 1. The lowest BCUT2D eigenvalue weighted by Gasteiger charge is -2.16. The SMILES string of the molecule is COc1c(/C=C(\C)C(=O)c2ccc(N(C)C)c(N)c2)ccc2c1OCO2. The van der Waals surface area contributed by atoms with Crippen molar-refractivity contribution in [1.29, 1.82) is 0 Å². The number of methoxy groups -OCH3 is 1. The number of anilines is 2. The summed E-state index contributed by atoms with van der Waals surface area (Å²) in [5.74, 6) is 1.65. The maximum Gasteiger partial charge on any atom is 0.231 e. The number of benzene rings is 2. The van der Waals surface area contributed by atoms with E-state index in [1.807, 2.05) is 31.1 Å². The van der Waals surface area contributed by atoms with Gasteiger partial charge in [0.05, 0.1) is 18.5 Å². The van der Waals surface area contributed by atoms with Crippen molar-refractivity contribution in [2.45, 2.75) is 6.92 Å². The zero-order valence-corrected chi connectivity index (χ0v) is 15.3. The van der Waals surface area contributed by atoms with Crippen LogP contribution in [-0.4, -0.2) is 33.8 Å². The first-order valence-corrected chi connectivity index (χ1v) is 8.18. The van der Waals surface area contributed by atoms with Gasteiger partial charge in [-0.1, -0.05) is 0 Å². The molecule has 26 heavy (non-hydrogen) atoms. The number of hydrogen-bond donors (Lipinski definition) is 1. The highest BCUT2D eigenvalue weighted by molar-refractivity contribution is 6.11. The van der Waals surface area contributed by atoms with E-state index in [4.69, 9.17) is 19.9 Å². The number of Topliss-reactive ketones (excluding diaryl/α,β-unsaturated/α-hetero) is 1. The number of nitrogen functional groups attached to an aromatic ring is 1. The molecular weight excluding hydrogens is 332 g/mol. The molecular formula is C20H22N2O4. The van der Waals surface area contributed by atoms with Gasteiger partial charge in [-0.15, -0.1) is 0 Å². The van der Waals surface area contributed by atoms with E-state index in [1.54, 1.807) is 38.3 Å². The monoisotopic (exact) mass is 354 g/mol.